The van der Waals surface area contributed by atoms with Crippen LogP contribution in [0.1, 0.15) is 12.0 Å². The molecule has 1 atom stereocenters. The van der Waals surface area contributed by atoms with Gasteiger partial charge < -0.3 is 10.8 Å². The lowest BCUT2D eigenvalue weighted by molar-refractivity contribution is -0.141. The van der Waals surface area contributed by atoms with E-state index in [0.717, 1.165) is 5.56 Å². The van der Waals surface area contributed by atoms with Crippen LogP contribution in [0.2, 0.25) is 0 Å². The van der Waals surface area contributed by atoms with Crippen LogP contribution in [0, 0.1) is 5.92 Å². The van der Waals surface area contributed by atoms with E-state index in [-0.39, 0.29) is 5.92 Å². The Bertz CT molecular complexity index is 259. The third kappa shape index (κ3) is 3.16. The molecule has 4 heteroatoms. The summed E-state index contributed by atoms with van der Waals surface area (Å²) in [6, 6.07) is 1.96. The van der Waals surface area contributed by atoms with Crippen molar-refractivity contribution in [3.63, 3.8) is 0 Å². The summed E-state index contributed by atoms with van der Waals surface area (Å²) in [6.07, 6.45) is 1.14. The van der Waals surface area contributed by atoms with Gasteiger partial charge in [0, 0.05) is 0 Å². The zero-order chi connectivity index (χ0) is 9.68. The SMILES string of the molecule is NCCC(Cc1ccsc1)C(=O)O. The second kappa shape index (κ2) is 4.99. The quantitative estimate of drug-likeness (QED) is 0.752. The topological polar surface area (TPSA) is 63.3 Å². The number of carbonyl (C=O) groups is 1. The molecule has 13 heavy (non-hydrogen) atoms. The van der Waals surface area contributed by atoms with Gasteiger partial charge in [-0.15, -0.1) is 0 Å². The molecule has 0 amide bonds. The van der Waals surface area contributed by atoms with Crippen LogP contribution >= 0.6 is 11.3 Å². The predicted octanol–water partition coefficient (Wildman–Crippen LogP) is 1.34. The maximum absolute atomic E-state index is 10.8. The highest BCUT2D eigenvalue weighted by Crippen LogP contribution is 2.14. The fourth-order valence-electron chi connectivity index (χ4n) is 1.21. The zero-order valence-corrected chi connectivity index (χ0v) is 8.09. The van der Waals surface area contributed by atoms with Crippen LogP contribution in [-0.2, 0) is 11.2 Å². The van der Waals surface area contributed by atoms with Gasteiger partial charge >= 0.3 is 5.97 Å². The van der Waals surface area contributed by atoms with Gasteiger partial charge in [0.05, 0.1) is 5.92 Å². The van der Waals surface area contributed by atoms with Crippen LogP contribution in [0.5, 0.6) is 0 Å². The highest BCUT2D eigenvalue weighted by molar-refractivity contribution is 7.07. The van der Waals surface area contributed by atoms with Crippen LogP contribution in [-0.4, -0.2) is 17.6 Å². The summed E-state index contributed by atoms with van der Waals surface area (Å²) in [4.78, 5) is 10.8. The Hall–Kier alpha value is -0.870. The van der Waals surface area contributed by atoms with Crippen LogP contribution in [0.25, 0.3) is 0 Å². The van der Waals surface area contributed by atoms with E-state index in [0.29, 0.717) is 19.4 Å². The maximum Gasteiger partial charge on any atom is 0.306 e. The minimum atomic E-state index is -0.753. The normalized spacial score (nSPS) is 12.7. The van der Waals surface area contributed by atoms with E-state index in [1.54, 1.807) is 11.3 Å². The molecule has 0 saturated heterocycles. The zero-order valence-electron chi connectivity index (χ0n) is 7.27. The van der Waals surface area contributed by atoms with E-state index >= 15 is 0 Å². The summed E-state index contributed by atoms with van der Waals surface area (Å²) in [5.74, 6) is -1.09. The van der Waals surface area contributed by atoms with Gasteiger partial charge in [-0.05, 0) is 41.8 Å². The molecule has 0 fully saturated rings. The van der Waals surface area contributed by atoms with Crippen molar-refractivity contribution >= 4 is 17.3 Å². The molecule has 1 unspecified atom stereocenters. The highest BCUT2D eigenvalue weighted by atomic mass is 32.1. The van der Waals surface area contributed by atoms with Gasteiger partial charge in [0.15, 0.2) is 0 Å². The minimum Gasteiger partial charge on any atom is -0.481 e. The molecule has 1 aromatic rings. The predicted molar refractivity (Wildman–Crippen MR) is 52.8 cm³/mol. The van der Waals surface area contributed by atoms with Gasteiger partial charge in [0.2, 0.25) is 0 Å². The second-order valence-corrected chi connectivity index (χ2v) is 3.73. The van der Waals surface area contributed by atoms with Gasteiger partial charge in [-0.1, -0.05) is 0 Å². The smallest absolute Gasteiger partial charge is 0.306 e. The molecule has 0 saturated carbocycles. The molecular formula is C9H13NO2S. The van der Waals surface area contributed by atoms with Crippen molar-refractivity contribution < 1.29 is 9.90 Å². The first-order valence-corrected chi connectivity index (χ1v) is 5.12. The van der Waals surface area contributed by atoms with Gasteiger partial charge in [-0.3, -0.25) is 4.79 Å². The monoisotopic (exact) mass is 199 g/mol. The van der Waals surface area contributed by atoms with Crippen molar-refractivity contribution in [2.45, 2.75) is 12.8 Å². The lowest BCUT2D eigenvalue weighted by Crippen LogP contribution is -2.19. The first-order chi connectivity index (χ1) is 6.24. The van der Waals surface area contributed by atoms with E-state index in [1.807, 2.05) is 16.8 Å². The molecule has 0 aliphatic heterocycles. The first kappa shape index (κ1) is 10.2. The van der Waals surface area contributed by atoms with Crippen molar-refractivity contribution in [3.8, 4) is 0 Å². The van der Waals surface area contributed by atoms with Gasteiger partial charge in [-0.25, -0.2) is 0 Å². The Labute approximate surface area is 81.2 Å². The van der Waals surface area contributed by atoms with E-state index in [1.165, 1.54) is 0 Å². The molecule has 1 heterocycles. The van der Waals surface area contributed by atoms with Gasteiger partial charge in [0.25, 0.3) is 0 Å². The van der Waals surface area contributed by atoms with E-state index in [4.69, 9.17) is 10.8 Å². The Morgan fingerprint density at radius 1 is 1.69 bits per heavy atom. The molecule has 0 aliphatic carbocycles. The number of carboxylic acid groups (broad SMARTS) is 1. The molecular weight excluding hydrogens is 186 g/mol. The van der Waals surface area contributed by atoms with Crippen LogP contribution in [0.4, 0.5) is 0 Å². The lowest BCUT2D eigenvalue weighted by Gasteiger charge is -2.08. The van der Waals surface area contributed by atoms with Crippen molar-refractivity contribution in [2.24, 2.45) is 11.7 Å². The summed E-state index contributed by atoms with van der Waals surface area (Å²) >= 11 is 1.59. The number of hydrogen-bond donors (Lipinski definition) is 2. The lowest BCUT2D eigenvalue weighted by atomic mass is 9.98. The first-order valence-electron chi connectivity index (χ1n) is 4.18. The fraction of sp³-hybridized carbons (Fsp3) is 0.444. The van der Waals surface area contributed by atoms with Crippen molar-refractivity contribution in [1.82, 2.24) is 0 Å². The third-order valence-electron chi connectivity index (χ3n) is 1.93. The molecule has 3 nitrogen and oxygen atoms in total. The summed E-state index contributed by atoms with van der Waals surface area (Å²) in [6.45, 7) is 0.432. The second-order valence-electron chi connectivity index (χ2n) is 2.95. The largest absolute Gasteiger partial charge is 0.481 e. The molecule has 0 aliphatic rings. The van der Waals surface area contributed by atoms with E-state index in [2.05, 4.69) is 0 Å². The standard InChI is InChI=1S/C9H13NO2S/c10-3-1-8(9(11)12)5-7-2-4-13-6-7/h2,4,6,8H,1,3,5,10H2,(H,11,12). The Balaban J connectivity index is 2.52. The minimum absolute atomic E-state index is 0.334. The van der Waals surface area contributed by atoms with Gasteiger partial charge in [0.1, 0.15) is 0 Å². The number of hydrogen-bond acceptors (Lipinski definition) is 3. The Morgan fingerprint density at radius 3 is 2.92 bits per heavy atom. The van der Waals surface area contributed by atoms with Gasteiger partial charge in [-0.2, -0.15) is 11.3 Å². The Kier molecular flexibility index (Phi) is 3.92. The number of carboxylic acids is 1. The van der Waals surface area contributed by atoms with Crippen LogP contribution < -0.4 is 5.73 Å². The number of thiophene rings is 1. The Morgan fingerprint density at radius 2 is 2.46 bits per heavy atom. The maximum atomic E-state index is 10.8. The average Bonchev–Trinajstić information content (AvgIpc) is 2.56. The number of rotatable bonds is 5. The van der Waals surface area contributed by atoms with Crippen LogP contribution in [0.15, 0.2) is 16.8 Å². The van der Waals surface area contributed by atoms with E-state index < -0.39 is 5.97 Å². The number of nitrogens with two attached hydrogens (primary N) is 1. The molecule has 1 aromatic heterocycles. The fourth-order valence-corrected chi connectivity index (χ4v) is 1.89. The molecule has 72 valence electrons. The third-order valence-corrected chi connectivity index (χ3v) is 2.66. The molecule has 1 rings (SSSR count). The van der Waals surface area contributed by atoms with E-state index in [9.17, 15) is 4.79 Å². The molecule has 0 aromatic carbocycles. The summed E-state index contributed by atoms with van der Waals surface area (Å²) in [7, 11) is 0. The molecule has 3 N–H and O–H groups in total. The molecule has 0 radical (unpaired) electrons. The molecule has 0 spiro atoms. The summed E-state index contributed by atoms with van der Waals surface area (Å²) in [5, 5.41) is 12.8. The number of aliphatic carboxylic acids is 1. The van der Waals surface area contributed by atoms with Crippen molar-refractivity contribution in [3.05, 3.63) is 22.4 Å². The molecule has 0 bridgehead atoms. The van der Waals surface area contributed by atoms with Crippen LogP contribution in [0.3, 0.4) is 0 Å². The highest BCUT2D eigenvalue weighted by Gasteiger charge is 2.16. The van der Waals surface area contributed by atoms with Crippen molar-refractivity contribution in [1.29, 1.82) is 0 Å². The van der Waals surface area contributed by atoms with Crippen molar-refractivity contribution in [2.75, 3.05) is 6.54 Å². The summed E-state index contributed by atoms with van der Waals surface area (Å²) in [5.41, 5.74) is 6.42. The summed E-state index contributed by atoms with van der Waals surface area (Å²) < 4.78 is 0. The average molecular weight is 199 g/mol.